The van der Waals surface area contributed by atoms with Gasteiger partial charge in [-0.2, -0.15) is 5.10 Å². The van der Waals surface area contributed by atoms with Crippen molar-refractivity contribution < 1.29 is 4.92 Å². The smallest absolute Gasteiger partial charge is 0.283 e. The van der Waals surface area contributed by atoms with Gasteiger partial charge in [0.05, 0.1) is 16.0 Å². The summed E-state index contributed by atoms with van der Waals surface area (Å²) in [6.07, 6.45) is 4.64. The van der Waals surface area contributed by atoms with Crippen LogP contribution in [0.5, 0.6) is 0 Å². The molecule has 0 aliphatic carbocycles. The Morgan fingerprint density at radius 2 is 1.93 bits per heavy atom. The Balaban J connectivity index is 1.60. The van der Waals surface area contributed by atoms with E-state index in [1.54, 1.807) is 30.6 Å². The summed E-state index contributed by atoms with van der Waals surface area (Å²) >= 11 is 6.30. The number of nitro groups is 1. The van der Waals surface area contributed by atoms with Gasteiger partial charge in [0.15, 0.2) is 10.3 Å². The number of nitrogens with one attached hydrogen (secondary N) is 2. The third-order valence-electron chi connectivity index (χ3n) is 3.60. The van der Waals surface area contributed by atoms with Gasteiger partial charge >= 0.3 is 0 Å². The molecule has 1 heterocycles. The van der Waals surface area contributed by atoms with Crippen LogP contribution in [0.15, 0.2) is 82.1 Å². The molecule has 0 amide bonds. The van der Waals surface area contributed by atoms with Gasteiger partial charge in [-0.3, -0.25) is 15.5 Å². The fourth-order valence-electron chi connectivity index (χ4n) is 2.26. The van der Waals surface area contributed by atoms with E-state index in [1.165, 1.54) is 12.3 Å². The van der Waals surface area contributed by atoms with Crippen molar-refractivity contribution in [1.29, 1.82) is 0 Å². The van der Waals surface area contributed by atoms with Gasteiger partial charge < -0.3 is 5.32 Å². The van der Waals surface area contributed by atoms with Crippen molar-refractivity contribution in [3.8, 4) is 0 Å². The second-order valence-electron chi connectivity index (χ2n) is 5.66. The largest absolute Gasteiger partial charge is 0.357 e. The topological polar surface area (TPSA) is 105 Å². The van der Waals surface area contributed by atoms with E-state index in [-0.39, 0.29) is 5.69 Å². The Morgan fingerprint density at radius 1 is 1.17 bits per heavy atom. The lowest BCUT2D eigenvalue weighted by molar-refractivity contribution is -0.387. The third kappa shape index (κ3) is 6.33. The molecule has 0 aliphatic rings. The number of nitrogens with zero attached hydrogens (tertiary/aromatic N) is 4. The van der Waals surface area contributed by atoms with Crippen LogP contribution in [0.25, 0.3) is 0 Å². The molecule has 1 aromatic heterocycles. The maximum atomic E-state index is 11.4. The Labute approximate surface area is 176 Å². The van der Waals surface area contributed by atoms with Crippen LogP contribution in [0.1, 0.15) is 11.1 Å². The predicted octanol–water partition coefficient (Wildman–Crippen LogP) is 3.53. The van der Waals surface area contributed by atoms with Crippen LogP contribution in [-0.2, 0) is 6.54 Å². The van der Waals surface area contributed by atoms with E-state index in [9.17, 15) is 10.1 Å². The van der Waals surface area contributed by atoms with Crippen molar-refractivity contribution in [1.82, 2.24) is 20.7 Å². The van der Waals surface area contributed by atoms with Crippen LogP contribution < -0.4 is 10.7 Å². The number of hydrogen-bond acceptors (Lipinski definition) is 7. The van der Waals surface area contributed by atoms with Crippen LogP contribution in [0.4, 0.5) is 5.69 Å². The summed E-state index contributed by atoms with van der Waals surface area (Å²) in [5.41, 5.74) is 4.31. The first-order valence-corrected chi connectivity index (χ1v) is 9.68. The van der Waals surface area contributed by atoms with Crippen molar-refractivity contribution in [2.45, 2.75) is 16.6 Å². The van der Waals surface area contributed by atoms with Gasteiger partial charge in [-0.25, -0.2) is 9.97 Å². The molecule has 0 fully saturated rings. The lowest BCUT2D eigenvalue weighted by Crippen LogP contribution is -2.31. The van der Waals surface area contributed by atoms with Crippen molar-refractivity contribution in [3.63, 3.8) is 0 Å². The van der Waals surface area contributed by atoms with E-state index in [0.717, 1.165) is 17.3 Å². The quantitative estimate of drug-likeness (QED) is 0.195. The summed E-state index contributed by atoms with van der Waals surface area (Å²) in [4.78, 5) is 19.6. The molecule has 29 heavy (non-hydrogen) atoms. The summed E-state index contributed by atoms with van der Waals surface area (Å²) in [6, 6.07) is 16.3. The highest BCUT2D eigenvalue weighted by Gasteiger charge is 2.16. The molecular weight excluding hydrogens is 408 g/mol. The van der Waals surface area contributed by atoms with Crippen LogP contribution >= 0.6 is 24.0 Å². The van der Waals surface area contributed by atoms with Crippen LogP contribution in [-0.4, -0.2) is 26.2 Å². The highest BCUT2D eigenvalue weighted by Crippen LogP contribution is 2.33. The molecular formula is C19H16N6O2S2. The first kappa shape index (κ1) is 20.4. The first-order valence-electron chi connectivity index (χ1n) is 8.46. The Hall–Kier alpha value is -3.37. The summed E-state index contributed by atoms with van der Waals surface area (Å²) in [5, 5.41) is 19.3. The minimum absolute atomic E-state index is 0.0452. The molecule has 3 rings (SSSR count). The third-order valence-corrected chi connectivity index (χ3v) is 4.79. The minimum Gasteiger partial charge on any atom is -0.357 e. The monoisotopic (exact) mass is 424 g/mol. The molecule has 0 spiro atoms. The van der Waals surface area contributed by atoms with Gasteiger partial charge in [0.1, 0.15) is 0 Å². The van der Waals surface area contributed by atoms with Gasteiger partial charge in [0.2, 0.25) is 0 Å². The standard InChI is InChI=1S/C19H16N6O2S2/c26-25(27)16-11-15(7-8-17(16)29-19-20-9-4-10-21-19)13-23-24-18(28)22-12-14-5-2-1-3-6-14/h1-11,13H,12H2,(H2,22,24,28). The summed E-state index contributed by atoms with van der Waals surface area (Å²) in [6.45, 7) is 0.571. The zero-order valence-corrected chi connectivity index (χ0v) is 16.7. The molecule has 2 aromatic carbocycles. The van der Waals surface area contributed by atoms with Crippen molar-refractivity contribution in [2.24, 2.45) is 5.10 Å². The van der Waals surface area contributed by atoms with E-state index in [4.69, 9.17) is 12.2 Å². The highest BCUT2D eigenvalue weighted by atomic mass is 32.2. The Bertz CT molecular complexity index is 1020. The van der Waals surface area contributed by atoms with Gasteiger partial charge in [-0.1, -0.05) is 36.4 Å². The normalized spacial score (nSPS) is 10.6. The summed E-state index contributed by atoms with van der Waals surface area (Å²) < 4.78 is 0. The van der Waals surface area contributed by atoms with E-state index in [2.05, 4.69) is 25.8 Å². The fourth-order valence-corrected chi connectivity index (χ4v) is 3.19. The molecule has 0 aliphatic heterocycles. The average molecular weight is 425 g/mol. The number of rotatable bonds is 7. The van der Waals surface area contributed by atoms with E-state index in [1.807, 2.05) is 30.3 Å². The summed E-state index contributed by atoms with van der Waals surface area (Å²) in [7, 11) is 0. The summed E-state index contributed by atoms with van der Waals surface area (Å²) in [5.74, 6) is 0. The van der Waals surface area contributed by atoms with Crippen molar-refractivity contribution >= 4 is 41.0 Å². The average Bonchev–Trinajstić information content (AvgIpc) is 2.74. The molecule has 146 valence electrons. The number of nitro benzene ring substituents is 1. The van der Waals surface area contributed by atoms with Crippen LogP contribution in [0.2, 0.25) is 0 Å². The molecule has 0 radical (unpaired) electrons. The number of aromatic nitrogens is 2. The van der Waals surface area contributed by atoms with Crippen LogP contribution in [0.3, 0.4) is 0 Å². The van der Waals surface area contributed by atoms with E-state index >= 15 is 0 Å². The Morgan fingerprint density at radius 3 is 2.66 bits per heavy atom. The second-order valence-corrected chi connectivity index (χ2v) is 7.07. The molecule has 0 unspecified atom stereocenters. The van der Waals surface area contributed by atoms with Gasteiger partial charge in [0.25, 0.3) is 5.69 Å². The minimum atomic E-state index is -0.442. The zero-order valence-electron chi connectivity index (χ0n) is 15.1. The molecule has 0 saturated carbocycles. The maximum absolute atomic E-state index is 11.4. The highest BCUT2D eigenvalue weighted by molar-refractivity contribution is 7.99. The zero-order chi connectivity index (χ0) is 20.5. The maximum Gasteiger partial charge on any atom is 0.283 e. The number of benzene rings is 2. The molecule has 0 bridgehead atoms. The van der Waals surface area contributed by atoms with Gasteiger partial charge in [-0.05, 0) is 41.7 Å². The SMILES string of the molecule is O=[N+]([O-])c1cc(C=NNC(=S)NCc2ccccc2)ccc1Sc1ncccn1. The number of thiocarbonyl (C=S) groups is 1. The number of hydrogen-bond donors (Lipinski definition) is 2. The first-order chi connectivity index (χ1) is 14.1. The fraction of sp³-hybridized carbons (Fsp3) is 0.0526. The molecule has 8 nitrogen and oxygen atoms in total. The Kier molecular flexibility index (Phi) is 7.20. The lowest BCUT2D eigenvalue weighted by Gasteiger charge is -2.07. The van der Waals surface area contributed by atoms with Crippen molar-refractivity contribution in [2.75, 3.05) is 0 Å². The van der Waals surface area contributed by atoms with E-state index < -0.39 is 4.92 Å². The molecule has 0 atom stereocenters. The molecule has 0 saturated heterocycles. The van der Waals surface area contributed by atoms with Gasteiger partial charge in [0, 0.05) is 30.6 Å². The predicted molar refractivity (Wildman–Crippen MR) is 116 cm³/mol. The second kappa shape index (κ2) is 10.2. The van der Waals surface area contributed by atoms with Gasteiger partial charge in [-0.15, -0.1) is 0 Å². The van der Waals surface area contributed by atoms with E-state index in [0.29, 0.717) is 27.3 Å². The van der Waals surface area contributed by atoms with Crippen molar-refractivity contribution in [3.05, 3.63) is 88.2 Å². The molecule has 10 heteroatoms. The molecule has 2 N–H and O–H groups in total. The number of hydrazone groups is 1. The van der Waals surface area contributed by atoms with Crippen LogP contribution in [0, 0.1) is 10.1 Å². The lowest BCUT2D eigenvalue weighted by atomic mass is 10.2. The molecule has 3 aromatic rings.